The summed E-state index contributed by atoms with van der Waals surface area (Å²) in [7, 11) is 0. The number of piperidine rings is 2. The van der Waals surface area contributed by atoms with Crippen LogP contribution in [0.1, 0.15) is 46.5 Å². The molecule has 0 bridgehead atoms. The Hall–Kier alpha value is -0.0400. The number of aliphatic imine (C=N–C) groups is 1. The summed E-state index contributed by atoms with van der Waals surface area (Å²) >= 11 is 0. The number of nitrogens with two attached hydrogens (primary N) is 1. The van der Waals surface area contributed by atoms with Crippen molar-refractivity contribution in [2.45, 2.75) is 52.5 Å². The lowest BCUT2D eigenvalue weighted by molar-refractivity contribution is 0.150. The lowest BCUT2D eigenvalue weighted by Gasteiger charge is -2.35. The van der Waals surface area contributed by atoms with Gasteiger partial charge in [0.1, 0.15) is 0 Å². The molecule has 2 saturated heterocycles. The highest BCUT2D eigenvalue weighted by Gasteiger charge is 2.21. The van der Waals surface area contributed by atoms with Gasteiger partial charge in [-0.15, -0.1) is 24.0 Å². The molecule has 0 saturated carbocycles. The summed E-state index contributed by atoms with van der Waals surface area (Å²) in [6.45, 7) is 12.4. The second-order valence-electron chi connectivity index (χ2n) is 6.94. The molecule has 0 amide bonds. The number of hydrogen-bond acceptors (Lipinski definition) is 2. The Morgan fingerprint density at radius 3 is 2.05 bits per heavy atom. The number of likely N-dealkylation sites (tertiary alicyclic amines) is 2. The van der Waals surface area contributed by atoms with E-state index in [2.05, 4.69) is 35.6 Å². The van der Waals surface area contributed by atoms with Crippen LogP contribution in [0, 0.1) is 11.8 Å². The van der Waals surface area contributed by atoms with Crippen molar-refractivity contribution in [3.8, 4) is 0 Å². The van der Waals surface area contributed by atoms with Crippen molar-refractivity contribution in [3.05, 3.63) is 0 Å². The predicted octanol–water partition coefficient (Wildman–Crippen LogP) is 2.77. The SMILES string of the molecule is CC1CCN(C(N)=NCC(C)N2CCC(C)CC2)CC1.I. The summed E-state index contributed by atoms with van der Waals surface area (Å²) in [4.78, 5) is 9.47. The van der Waals surface area contributed by atoms with Crippen LogP contribution in [-0.4, -0.2) is 54.5 Å². The molecule has 21 heavy (non-hydrogen) atoms. The van der Waals surface area contributed by atoms with Crippen LogP contribution >= 0.6 is 24.0 Å². The second kappa shape index (κ2) is 9.18. The number of halogens is 1. The Labute approximate surface area is 147 Å². The van der Waals surface area contributed by atoms with Crippen LogP contribution in [0.3, 0.4) is 0 Å². The summed E-state index contributed by atoms with van der Waals surface area (Å²) in [5.41, 5.74) is 6.15. The van der Waals surface area contributed by atoms with Crippen molar-refractivity contribution in [1.82, 2.24) is 9.80 Å². The third-order valence-electron chi connectivity index (χ3n) is 5.07. The Bertz CT molecular complexity index is 318. The molecule has 2 fully saturated rings. The molecule has 1 atom stereocenters. The normalized spacial score (nSPS) is 24.7. The van der Waals surface area contributed by atoms with E-state index >= 15 is 0 Å². The first kappa shape index (κ1) is 19.0. The first-order chi connectivity index (χ1) is 9.56. The molecular formula is C16H33IN4. The van der Waals surface area contributed by atoms with Crippen LogP contribution in [0.15, 0.2) is 4.99 Å². The van der Waals surface area contributed by atoms with Gasteiger partial charge in [0.15, 0.2) is 5.96 Å². The van der Waals surface area contributed by atoms with E-state index in [4.69, 9.17) is 5.73 Å². The van der Waals surface area contributed by atoms with Crippen molar-refractivity contribution in [2.24, 2.45) is 22.6 Å². The Kier molecular flexibility index (Phi) is 8.31. The molecule has 2 rings (SSSR count). The Balaban J connectivity index is 0.00000220. The molecule has 0 aromatic carbocycles. The smallest absolute Gasteiger partial charge is 0.191 e. The zero-order valence-electron chi connectivity index (χ0n) is 13.9. The summed E-state index contributed by atoms with van der Waals surface area (Å²) < 4.78 is 0. The maximum atomic E-state index is 6.15. The highest BCUT2D eigenvalue weighted by Crippen LogP contribution is 2.18. The van der Waals surface area contributed by atoms with Gasteiger partial charge in [0.25, 0.3) is 0 Å². The lowest BCUT2D eigenvalue weighted by atomic mass is 9.98. The minimum atomic E-state index is 0. The molecule has 0 spiro atoms. The van der Waals surface area contributed by atoms with Crippen LogP contribution in [0.5, 0.6) is 0 Å². The maximum Gasteiger partial charge on any atom is 0.191 e. The molecular weight excluding hydrogens is 375 g/mol. The molecule has 2 N–H and O–H groups in total. The van der Waals surface area contributed by atoms with Crippen LogP contribution in [0.4, 0.5) is 0 Å². The van der Waals surface area contributed by atoms with Crippen molar-refractivity contribution >= 4 is 29.9 Å². The highest BCUT2D eigenvalue weighted by molar-refractivity contribution is 14.0. The lowest BCUT2D eigenvalue weighted by Crippen LogP contribution is -2.44. The minimum Gasteiger partial charge on any atom is -0.370 e. The quantitative estimate of drug-likeness (QED) is 0.444. The number of guanidine groups is 1. The molecule has 2 heterocycles. The topological polar surface area (TPSA) is 44.9 Å². The van der Waals surface area contributed by atoms with E-state index in [1.807, 2.05) is 0 Å². The average Bonchev–Trinajstić information content (AvgIpc) is 2.46. The van der Waals surface area contributed by atoms with E-state index in [1.165, 1.54) is 38.8 Å². The molecule has 0 aliphatic carbocycles. The van der Waals surface area contributed by atoms with Crippen LogP contribution in [0.2, 0.25) is 0 Å². The Morgan fingerprint density at radius 2 is 1.52 bits per heavy atom. The van der Waals surface area contributed by atoms with E-state index in [0.717, 1.165) is 37.4 Å². The molecule has 0 radical (unpaired) electrons. The van der Waals surface area contributed by atoms with Crippen molar-refractivity contribution in [1.29, 1.82) is 0 Å². The highest BCUT2D eigenvalue weighted by atomic mass is 127. The van der Waals surface area contributed by atoms with Gasteiger partial charge in [-0.25, -0.2) is 0 Å². The van der Waals surface area contributed by atoms with Crippen LogP contribution in [-0.2, 0) is 0 Å². The summed E-state index contributed by atoms with van der Waals surface area (Å²) in [6, 6.07) is 0.518. The van der Waals surface area contributed by atoms with Gasteiger partial charge in [0.2, 0.25) is 0 Å². The Morgan fingerprint density at radius 1 is 1.05 bits per heavy atom. The fraction of sp³-hybridized carbons (Fsp3) is 0.938. The van der Waals surface area contributed by atoms with Gasteiger partial charge in [0, 0.05) is 19.1 Å². The first-order valence-electron chi connectivity index (χ1n) is 8.35. The third-order valence-corrected chi connectivity index (χ3v) is 5.07. The first-order valence-corrected chi connectivity index (χ1v) is 8.35. The van der Waals surface area contributed by atoms with Crippen molar-refractivity contribution < 1.29 is 0 Å². The standard InChI is InChI=1S/C16H32N4.HI/c1-13-4-8-19(9-5-13)15(3)12-18-16(17)20-10-6-14(2)7-11-20;/h13-15H,4-12H2,1-3H3,(H2,17,18);1H. The maximum absolute atomic E-state index is 6.15. The summed E-state index contributed by atoms with van der Waals surface area (Å²) in [5.74, 6) is 2.49. The fourth-order valence-electron chi connectivity index (χ4n) is 3.15. The molecule has 0 aromatic heterocycles. The van der Waals surface area contributed by atoms with E-state index < -0.39 is 0 Å². The van der Waals surface area contributed by atoms with Gasteiger partial charge in [-0.1, -0.05) is 13.8 Å². The second-order valence-corrected chi connectivity index (χ2v) is 6.94. The van der Waals surface area contributed by atoms with E-state index in [9.17, 15) is 0 Å². The fourth-order valence-corrected chi connectivity index (χ4v) is 3.15. The van der Waals surface area contributed by atoms with Crippen molar-refractivity contribution in [3.63, 3.8) is 0 Å². The third kappa shape index (κ3) is 5.93. The van der Waals surface area contributed by atoms with E-state index in [-0.39, 0.29) is 24.0 Å². The van der Waals surface area contributed by atoms with E-state index in [0.29, 0.717) is 6.04 Å². The zero-order chi connectivity index (χ0) is 14.5. The predicted molar refractivity (Wildman–Crippen MR) is 101 cm³/mol. The molecule has 5 heteroatoms. The minimum absolute atomic E-state index is 0. The van der Waals surface area contributed by atoms with Gasteiger partial charge in [-0.3, -0.25) is 9.89 Å². The molecule has 2 aliphatic rings. The molecule has 0 aromatic rings. The number of hydrogen-bond donors (Lipinski definition) is 1. The largest absolute Gasteiger partial charge is 0.370 e. The summed E-state index contributed by atoms with van der Waals surface area (Å²) in [6.07, 6.45) is 5.15. The summed E-state index contributed by atoms with van der Waals surface area (Å²) in [5, 5.41) is 0. The van der Waals surface area contributed by atoms with Gasteiger partial charge < -0.3 is 10.6 Å². The average molecular weight is 408 g/mol. The van der Waals surface area contributed by atoms with Gasteiger partial charge in [-0.2, -0.15) is 0 Å². The molecule has 4 nitrogen and oxygen atoms in total. The van der Waals surface area contributed by atoms with Crippen molar-refractivity contribution in [2.75, 3.05) is 32.7 Å². The van der Waals surface area contributed by atoms with Crippen LogP contribution in [0.25, 0.3) is 0 Å². The zero-order valence-corrected chi connectivity index (χ0v) is 16.3. The van der Waals surface area contributed by atoms with Gasteiger partial charge >= 0.3 is 0 Å². The molecule has 1 unspecified atom stereocenters. The number of rotatable bonds is 3. The van der Waals surface area contributed by atoms with Gasteiger partial charge in [-0.05, 0) is 57.5 Å². The number of nitrogens with zero attached hydrogens (tertiary/aromatic N) is 3. The van der Waals surface area contributed by atoms with Crippen LogP contribution < -0.4 is 5.73 Å². The molecule has 2 aliphatic heterocycles. The monoisotopic (exact) mass is 408 g/mol. The van der Waals surface area contributed by atoms with E-state index in [1.54, 1.807) is 0 Å². The molecule has 124 valence electrons. The van der Waals surface area contributed by atoms with Gasteiger partial charge in [0.05, 0.1) is 6.54 Å².